The summed E-state index contributed by atoms with van der Waals surface area (Å²) in [6, 6.07) is 4.42. The second kappa shape index (κ2) is 6.64. The molecule has 0 bridgehead atoms. The van der Waals surface area contributed by atoms with Crippen LogP contribution in [0.4, 0.5) is 0 Å². The number of carbonyl (C=O) groups is 1. The van der Waals surface area contributed by atoms with Crippen LogP contribution >= 0.6 is 11.6 Å². The zero-order chi connectivity index (χ0) is 15.4. The van der Waals surface area contributed by atoms with Gasteiger partial charge in [-0.15, -0.1) is 0 Å². The predicted octanol–water partition coefficient (Wildman–Crippen LogP) is 0.550. The van der Waals surface area contributed by atoms with Gasteiger partial charge in [0.2, 0.25) is 0 Å². The maximum Gasteiger partial charge on any atom is 0.253 e. The lowest BCUT2D eigenvalue weighted by molar-refractivity contribution is 0.0653. The largest absolute Gasteiger partial charge is 0.506 e. The van der Waals surface area contributed by atoms with E-state index in [9.17, 15) is 9.90 Å². The molecule has 1 heterocycles. The van der Waals surface area contributed by atoms with Crippen LogP contribution in [-0.2, 0) is 0 Å². The first-order valence-corrected chi connectivity index (χ1v) is 6.85. The maximum atomic E-state index is 12.3. The van der Waals surface area contributed by atoms with E-state index in [0.717, 1.165) is 0 Å². The SMILES string of the molecule is NC(CN1CCN(C(=O)c2ccc(O)c(Cl)c2)CC1)=NO. The van der Waals surface area contributed by atoms with Crippen molar-refractivity contribution in [1.29, 1.82) is 0 Å². The van der Waals surface area contributed by atoms with E-state index in [1.54, 1.807) is 11.0 Å². The lowest BCUT2D eigenvalue weighted by Gasteiger charge is -2.34. The number of oxime groups is 1. The molecule has 0 spiro atoms. The van der Waals surface area contributed by atoms with Gasteiger partial charge in [-0.2, -0.15) is 0 Å². The molecule has 1 aromatic rings. The molecule has 0 saturated carbocycles. The number of benzene rings is 1. The molecule has 0 aliphatic carbocycles. The molecule has 1 aliphatic rings. The van der Waals surface area contributed by atoms with Gasteiger partial charge in [0.05, 0.1) is 11.6 Å². The summed E-state index contributed by atoms with van der Waals surface area (Å²) in [5.74, 6) is -0.0164. The molecule has 0 unspecified atom stereocenters. The quantitative estimate of drug-likeness (QED) is 0.327. The molecular formula is C13H17ClN4O3. The lowest BCUT2D eigenvalue weighted by Crippen LogP contribution is -2.50. The number of piperazine rings is 1. The second-order valence-electron chi connectivity index (χ2n) is 4.83. The highest BCUT2D eigenvalue weighted by Gasteiger charge is 2.23. The molecule has 1 fully saturated rings. The average Bonchev–Trinajstić information content (AvgIpc) is 2.50. The third-order valence-corrected chi connectivity index (χ3v) is 3.67. The highest BCUT2D eigenvalue weighted by atomic mass is 35.5. The van der Waals surface area contributed by atoms with Gasteiger partial charge in [0.15, 0.2) is 5.84 Å². The summed E-state index contributed by atoms with van der Waals surface area (Å²) in [6.07, 6.45) is 0. The number of rotatable bonds is 3. The van der Waals surface area contributed by atoms with Gasteiger partial charge < -0.3 is 20.9 Å². The van der Waals surface area contributed by atoms with Crippen LogP contribution in [0.5, 0.6) is 5.75 Å². The van der Waals surface area contributed by atoms with Crippen LogP contribution in [0.15, 0.2) is 23.4 Å². The Hall–Kier alpha value is -1.99. The molecule has 1 saturated heterocycles. The highest BCUT2D eigenvalue weighted by molar-refractivity contribution is 6.32. The zero-order valence-electron chi connectivity index (χ0n) is 11.4. The van der Waals surface area contributed by atoms with Gasteiger partial charge in [-0.05, 0) is 18.2 Å². The number of halogens is 1. The minimum absolute atomic E-state index is 0.0446. The fraction of sp³-hybridized carbons (Fsp3) is 0.385. The minimum atomic E-state index is -0.125. The van der Waals surface area contributed by atoms with Crippen LogP contribution in [0.1, 0.15) is 10.4 Å². The molecule has 21 heavy (non-hydrogen) atoms. The van der Waals surface area contributed by atoms with Crippen molar-refractivity contribution in [2.75, 3.05) is 32.7 Å². The Kier molecular flexibility index (Phi) is 4.87. The van der Waals surface area contributed by atoms with Crippen molar-refractivity contribution >= 4 is 23.3 Å². The number of carbonyl (C=O) groups excluding carboxylic acids is 1. The first-order valence-electron chi connectivity index (χ1n) is 6.48. The molecule has 0 radical (unpaired) electrons. The smallest absolute Gasteiger partial charge is 0.253 e. The Balaban J connectivity index is 1.95. The highest BCUT2D eigenvalue weighted by Crippen LogP contribution is 2.24. The number of amidine groups is 1. The van der Waals surface area contributed by atoms with Crippen LogP contribution in [0.3, 0.4) is 0 Å². The van der Waals surface area contributed by atoms with Crippen molar-refractivity contribution in [3.63, 3.8) is 0 Å². The Morgan fingerprint density at radius 1 is 1.33 bits per heavy atom. The van der Waals surface area contributed by atoms with Gasteiger partial charge in [0, 0.05) is 31.7 Å². The lowest BCUT2D eigenvalue weighted by atomic mass is 10.1. The monoisotopic (exact) mass is 312 g/mol. The van der Waals surface area contributed by atoms with E-state index in [1.165, 1.54) is 12.1 Å². The standard InChI is InChI=1S/C13H17ClN4O3/c14-10-7-9(1-2-11(10)19)13(20)18-5-3-17(4-6-18)8-12(15)16-21/h1-2,7,19,21H,3-6,8H2,(H2,15,16). The fourth-order valence-electron chi connectivity index (χ4n) is 2.19. The second-order valence-corrected chi connectivity index (χ2v) is 5.23. The number of aromatic hydroxyl groups is 1. The summed E-state index contributed by atoms with van der Waals surface area (Å²) in [4.78, 5) is 16.0. The van der Waals surface area contributed by atoms with Crippen molar-refractivity contribution in [2.24, 2.45) is 10.9 Å². The normalized spacial score (nSPS) is 17.0. The van der Waals surface area contributed by atoms with Gasteiger partial charge in [0.25, 0.3) is 5.91 Å². The molecule has 1 aliphatic heterocycles. The molecule has 0 aromatic heterocycles. The fourth-order valence-corrected chi connectivity index (χ4v) is 2.37. The number of nitrogens with zero attached hydrogens (tertiary/aromatic N) is 3. The molecular weight excluding hydrogens is 296 g/mol. The van der Waals surface area contributed by atoms with Crippen LogP contribution < -0.4 is 5.73 Å². The number of amides is 1. The summed E-state index contributed by atoms with van der Waals surface area (Å²) in [7, 11) is 0. The molecule has 8 heteroatoms. The summed E-state index contributed by atoms with van der Waals surface area (Å²) in [6.45, 7) is 2.77. The van der Waals surface area contributed by atoms with Gasteiger partial charge in [-0.3, -0.25) is 9.69 Å². The van der Waals surface area contributed by atoms with Crippen molar-refractivity contribution in [3.8, 4) is 5.75 Å². The minimum Gasteiger partial charge on any atom is -0.506 e. The van der Waals surface area contributed by atoms with Crippen LogP contribution in [0.25, 0.3) is 0 Å². The Labute approximate surface area is 127 Å². The van der Waals surface area contributed by atoms with E-state index in [4.69, 9.17) is 22.5 Å². The molecule has 0 atom stereocenters. The summed E-state index contributed by atoms with van der Waals surface area (Å²) >= 11 is 5.81. The van der Waals surface area contributed by atoms with Crippen molar-refractivity contribution in [1.82, 2.24) is 9.80 Å². The van der Waals surface area contributed by atoms with Gasteiger partial charge >= 0.3 is 0 Å². The topological polar surface area (TPSA) is 102 Å². The Morgan fingerprint density at radius 3 is 2.57 bits per heavy atom. The molecule has 1 aromatic carbocycles. The van der Waals surface area contributed by atoms with Gasteiger partial charge in [0.1, 0.15) is 5.75 Å². The third kappa shape index (κ3) is 3.77. The van der Waals surface area contributed by atoms with Crippen LogP contribution in [-0.4, -0.2) is 64.6 Å². The predicted molar refractivity (Wildman–Crippen MR) is 78.9 cm³/mol. The van der Waals surface area contributed by atoms with Crippen LogP contribution in [0, 0.1) is 0 Å². The summed E-state index contributed by atoms with van der Waals surface area (Å²) in [5, 5.41) is 21.0. The number of hydrogen-bond acceptors (Lipinski definition) is 5. The Bertz CT molecular complexity index is 556. The first-order chi connectivity index (χ1) is 10.0. The van der Waals surface area contributed by atoms with Crippen molar-refractivity contribution in [3.05, 3.63) is 28.8 Å². The van der Waals surface area contributed by atoms with E-state index in [0.29, 0.717) is 38.3 Å². The third-order valence-electron chi connectivity index (χ3n) is 3.37. The van der Waals surface area contributed by atoms with E-state index in [2.05, 4.69) is 5.16 Å². The molecule has 2 rings (SSSR count). The van der Waals surface area contributed by atoms with Crippen LogP contribution in [0.2, 0.25) is 5.02 Å². The molecule has 4 N–H and O–H groups in total. The van der Waals surface area contributed by atoms with Gasteiger partial charge in [-0.25, -0.2) is 0 Å². The number of phenols is 1. The molecule has 7 nitrogen and oxygen atoms in total. The van der Waals surface area contributed by atoms with Crippen molar-refractivity contribution < 1.29 is 15.1 Å². The van der Waals surface area contributed by atoms with Crippen molar-refractivity contribution in [2.45, 2.75) is 0 Å². The van der Waals surface area contributed by atoms with E-state index in [1.807, 2.05) is 4.90 Å². The number of phenolic OH excluding ortho intramolecular Hbond substituents is 1. The average molecular weight is 313 g/mol. The van der Waals surface area contributed by atoms with E-state index in [-0.39, 0.29) is 22.5 Å². The zero-order valence-corrected chi connectivity index (χ0v) is 12.1. The van der Waals surface area contributed by atoms with E-state index >= 15 is 0 Å². The number of hydrogen-bond donors (Lipinski definition) is 3. The van der Waals surface area contributed by atoms with E-state index < -0.39 is 0 Å². The van der Waals surface area contributed by atoms with Gasteiger partial charge in [-0.1, -0.05) is 16.8 Å². The Morgan fingerprint density at radius 2 is 2.00 bits per heavy atom. The molecule has 114 valence electrons. The maximum absolute atomic E-state index is 12.3. The molecule has 1 amide bonds. The first kappa shape index (κ1) is 15.4. The summed E-state index contributed by atoms with van der Waals surface area (Å²) < 4.78 is 0. The summed E-state index contributed by atoms with van der Waals surface area (Å²) in [5.41, 5.74) is 5.91. The number of nitrogens with two attached hydrogens (primary N) is 1.